The number of hydrogen-bond donors (Lipinski definition) is 24. The Kier molecular flexibility index (Phi) is 45.5. The second-order valence-corrected chi connectivity index (χ2v) is 25.7. The molecule has 594 valence electrons. The van der Waals surface area contributed by atoms with Gasteiger partial charge in [0.1, 0.15) is 54.4 Å². The van der Waals surface area contributed by atoms with Crippen molar-refractivity contribution in [1.29, 1.82) is 0 Å². The van der Waals surface area contributed by atoms with Gasteiger partial charge in [0.05, 0.1) is 44.7 Å². The zero-order chi connectivity index (χ0) is 78.0. The number of carboxylic acid groups (broad SMARTS) is 1. The summed E-state index contributed by atoms with van der Waals surface area (Å²) in [5.41, 5.74) is 47.4. The van der Waals surface area contributed by atoms with Gasteiger partial charge in [0.2, 0.25) is 70.9 Å². The van der Waals surface area contributed by atoms with E-state index < -0.39 is 157 Å². The molecule has 12 amide bonds. The number of unbranched alkanes of at least 4 members (excludes halogenated alkanes) is 7. The summed E-state index contributed by atoms with van der Waals surface area (Å²) in [5, 5.41) is 41.0. The van der Waals surface area contributed by atoms with Crippen LogP contribution in [0.3, 0.4) is 0 Å². The maximum Gasteiger partial charge on any atom is 0.326 e. The zero-order valence-corrected chi connectivity index (χ0v) is 60.5. The first-order chi connectivity index (χ1) is 51.0. The number of imidazole rings is 3. The van der Waals surface area contributed by atoms with Crippen LogP contribution in [0.15, 0.2) is 37.6 Å². The summed E-state index contributed by atoms with van der Waals surface area (Å²) in [6.07, 6.45) is 14.6. The lowest BCUT2D eigenvalue weighted by atomic mass is 10.0. The fraction of sp³-hybridized carbons (Fsp3) is 0.667. The molecule has 106 heavy (non-hydrogen) atoms. The topological polar surface area (TPSA) is 681 Å². The van der Waals surface area contributed by atoms with E-state index in [1.54, 1.807) is 0 Å². The van der Waals surface area contributed by atoms with E-state index in [2.05, 4.69) is 93.7 Å². The van der Waals surface area contributed by atoms with Crippen LogP contribution >= 0.6 is 0 Å². The average molecular weight is 1500 g/mol. The second-order valence-electron chi connectivity index (χ2n) is 25.7. The quantitative estimate of drug-likeness (QED) is 0.0234. The molecule has 10 atom stereocenters. The largest absolute Gasteiger partial charge is 0.480 e. The van der Waals surface area contributed by atoms with Gasteiger partial charge in [0, 0.05) is 54.9 Å². The van der Waals surface area contributed by atoms with Crippen LogP contribution in [0.4, 0.5) is 0 Å². The SMILES string of the molecule is NCCCC[C@H](NC(=O)[C@H](Cc1cnc[nH]1)NC(=O)CNC(=O)[C@H](CCCCN)NC(=O)[C@H](CCCCN)NC(=O)[C@H](Cc1cnc[nH]1)NC(=O)CNC(=O)[C@H](CCCCN)NC(=O)[C@H](CCCCN)NC(=O)[C@H](Cc1cnc[nH]1)NC(=O)CNC(=O)[C@H](CCCCN)NC(=O)[C@@H](N)CCCCN)C(=O)O. The van der Waals surface area contributed by atoms with Crippen molar-refractivity contribution in [3.05, 3.63) is 54.7 Å². The first kappa shape index (κ1) is 90.6. The number of rotatable bonds is 59. The molecule has 0 aromatic carbocycles. The molecule has 0 fully saturated rings. The average Bonchev–Trinajstić information content (AvgIpc) is 1.18. The number of nitrogens with one attached hydrogen (secondary N) is 15. The maximum absolute atomic E-state index is 14.4. The molecule has 0 radical (unpaired) electrons. The van der Waals surface area contributed by atoms with Gasteiger partial charge in [-0.15, -0.1) is 0 Å². The van der Waals surface area contributed by atoms with E-state index in [-0.39, 0.29) is 84.0 Å². The van der Waals surface area contributed by atoms with E-state index in [1.165, 1.54) is 37.6 Å². The number of carbonyl (C=O) groups excluding carboxylic acids is 12. The van der Waals surface area contributed by atoms with Crippen LogP contribution < -0.4 is 110 Å². The van der Waals surface area contributed by atoms with Crippen molar-refractivity contribution in [1.82, 2.24) is 93.7 Å². The van der Waals surface area contributed by atoms with E-state index in [9.17, 15) is 67.4 Å². The number of H-pyrrole nitrogens is 3. The normalized spacial score (nSPS) is 14.0. The van der Waals surface area contributed by atoms with Gasteiger partial charge in [0.25, 0.3) is 0 Å². The first-order valence-electron chi connectivity index (χ1n) is 36.3. The van der Waals surface area contributed by atoms with Crippen molar-refractivity contribution in [2.75, 3.05) is 65.4 Å². The molecule has 40 nitrogen and oxygen atoms in total. The number of nitrogens with zero attached hydrogens (tertiary/aromatic N) is 3. The molecule has 0 saturated carbocycles. The predicted octanol–water partition coefficient (Wildman–Crippen LogP) is -7.09. The Morgan fingerprint density at radius 3 is 0.774 bits per heavy atom. The molecule has 3 aromatic rings. The van der Waals surface area contributed by atoms with Gasteiger partial charge in [-0.05, 0) is 174 Å². The Hall–Kier alpha value is -9.58. The predicted molar refractivity (Wildman–Crippen MR) is 389 cm³/mol. The molecular weight excluding hydrogens is 1380 g/mol. The minimum absolute atomic E-state index is 0.00225. The number of carboxylic acids is 1. The highest BCUT2D eigenvalue weighted by Gasteiger charge is 2.35. The van der Waals surface area contributed by atoms with Crippen LogP contribution in [0.2, 0.25) is 0 Å². The molecule has 0 aliphatic carbocycles. The Morgan fingerprint density at radius 1 is 0.302 bits per heavy atom. The standard InChI is InChI=1S/C66H116N26O14/c67-22-8-1-15-44(74)57(96)87-45(16-2-9-23-68)58(97)78-35-54(93)84-51(29-41-32-75-38-81-41)63(102)90-48(19-5-12-26-71)61(100)88-46(17-3-10-24-69)59(98)79-36-55(94)85-52(30-42-33-76-39-82-42)64(103)91-49(20-6-13-27-72)62(101)89-47(18-4-11-25-70)60(99)80-37-56(95)86-53(31-43-34-77-40-83-43)65(104)92-50(66(105)106)21-7-14-28-73/h32-34,38-40,44-53H,1-31,35-37,67-74H2,(H,75,81)(H,76,82)(H,77,83)(H,78,97)(H,79,98)(H,80,99)(H,84,93)(H,85,94)(H,86,95)(H,87,96)(H,88,100)(H,89,101)(H,90,102)(H,91,103)(H,92,104)(H,105,106)/t44-,45-,46-,47-,48-,49-,50-,51-,52-,53-/m0/s1. The Bertz CT molecular complexity index is 3110. The van der Waals surface area contributed by atoms with Gasteiger partial charge < -0.3 is 130 Å². The fourth-order valence-electron chi connectivity index (χ4n) is 10.9. The molecule has 3 heterocycles. The fourth-order valence-corrected chi connectivity index (χ4v) is 10.9. The lowest BCUT2D eigenvalue weighted by Gasteiger charge is -2.26. The third kappa shape index (κ3) is 36.9. The third-order valence-electron chi connectivity index (χ3n) is 16.9. The molecule has 0 bridgehead atoms. The molecule has 0 aliphatic heterocycles. The van der Waals surface area contributed by atoms with Crippen molar-refractivity contribution in [3.63, 3.8) is 0 Å². The van der Waals surface area contributed by atoms with Crippen molar-refractivity contribution >= 4 is 76.9 Å². The van der Waals surface area contributed by atoms with Crippen molar-refractivity contribution < 1.29 is 67.4 Å². The summed E-state index contributed by atoms with van der Waals surface area (Å²) < 4.78 is 0. The van der Waals surface area contributed by atoms with Crippen LogP contribution in [0.5, 0.6) is 0 Å². The molecule has 40 heteroatoms. The minimum Gasteiger partial charge on any atom is -0.480 e. The summed E-state index contributed by atoms with van der Waals surface area (Å²) in [4.78, 5) is 199. The van der Waals surface area contributed by atoms with Gasteiger partial charge in [-0.1, -0.05) is 6.42 Å². The lowest BCUT2D eigenvalue weighted by Crippen LogP contribution is -2.59. The zero-order valence-electron chi connectivity index (χ0n) is 60.5. The summed E-state index contributed by atoms with van der Waals surface area (Å²) in [7, 11) is 0. The molecular formula is C66H116N26O14. The van der Waals surface area contributed by atoms with Gasteiger partial charge in [0.15, 0.2) is 0 Å². The molecule has 3 rings (SSSR count). The number of carbonyl (C=O) groups is 13. The van der Waals surface area contributed by atoms with E-state index in [0.29, 0.717) is 133 Å². The van der Waals surface area contributed by atoms with Crippen LogP contribution in [0.1, 0.15) is 152 Å². The number of nitrogens with two attached hydrogens (primary N) is 8. The second kappa shape index (κ2) is 53.2. The molecule has 32 N–H and O–H groups in total. The number of aromatic amines is 3. The summed E-state index contributed by atoms with van der Waals surface area (Å²) in [5.74, 6) is -10.9. The number of hydrogen-bond acceptors (Lipinski definition) is 24. The van der Waals surface area contributed by atoms with Gasteiger partial charge >= 0.3 is 5.97 Å². The lowest BCUT2D eigenvalue weighted by molar-refractivity contribution is -0.142. The molecule has 3 aromatic heterocycles. The Balaban J connectivity index is 1.81. The summed E-state index contributed by atoms with van der Waals surface area (Å²) in [6.45, 7) is -0.0785. The number of aliphatic carboxylic acids is 1. The van der Waals surface area contributed by atoms with Crippen molar-refractivity contribution in [2.24, 2.45) is 45.9 Å². The first-order valence-corrected chi connectivity index (χ1v) is 36.3. The van der Waals surface area contributed by atoms with E-state index >= 15 is 0 Å². The van der Waals surface area contributed by atoms with Crippen molar-refractivity contribution in [2.45, 2.75) is 215 Å². The highest BCUT2D eigenvalue weighted by Crippen LogP contribution is 2.12. The van der Waals surface area contributed by atoms with Crippen LogP contribution in [-0.4, -0.2) is 238 Å². The Labute approximate surface area is 616 Å². The number of amides is 12. The minimum atomic E-state index is -1.44. The maximum atomic E-state index is 14.4. The van der Waals surface area contributed by atoms with Crippen LogP contribution in [0, 0.1) is 0 Å². The van der Waals surface area contributed by atoms with Gasteiger partial charge in [-0.3, -0.25) is 57.5 Å². The van der Waals surface area contributed by atoms with Crippen LogP contribution in [0.25, 0.3) is 0 Å². The molecule has 0 spiro atoms. The molecule has 0 aliphatic rings. The summed E-state index contributed by atoms with van der Waals surface area (Å²) >= 11 is 0. The smallest absolute Gasteiger partial charge is 0.326 e. The monoisotopic (exact) mass is 1500 g/mol. The molecule has 0 unspecified atom stereocenters. The highest BCUT2D eigenvalue weighted by molar-refractivity contribution is 5.98. The number of aromatic nitrogens is 6. The van der Waals surface area contributed by atoms with Gasteiger partial charge in [-0.25, -0.2) is 19.7 Å². The summed E-state index contributed by atoms with van der Waals surface area (Å²) in [6, 6.07) is -12.7. The Morgan fingerprint density at radius 2 is 0.528 bits per heavy atom. The van der Waals surface area contributed by atoms with E-state index in [1.807, 2.05) is 0 Å². The van der Waals surface area contributed by atoms with Crippen molar-refractivity contribution in [3.8, 4) is 0 Å². The van der Waals surface area contributed by atoms with Crippen LogP contribution in [-0.2, 0) is 81.6 Å². The van der Waals surface area contributed by atoms with Gasteiger partial charge in [-0.2, -0.15) is 0 Å². The highest BCUT2D eigenvalue weighted by atomic mass is 16.4. The van der Waals surface area contributed by atoms with E-state index in [0.717, 1.165) is 0 Å². The van der Waals surface area contributed by atoms with E-state index in [4.69, 9.17) is 45.9 Å². The molecule has 0 saturated heterocycles. The third-order valence-corrected chi connectivity index (χ3v) is 16.9.